The van der Waals surface area contributed by atoms with Gasteiger partial charge in [-0.15, -0.1) is 0 Å². The molecule has 0 aliphatic carbocycles. The highest BCUT2D eigenvalue weighted by Crippen LogP contribution is 2.40. The fourth-order valence-electron chi connectivity index (χ4n) is 2.98. The first-order valence-corrected chi connectivity index (χ1v) is 8.72. The minimum Gasteiger partial charge on any atom is -0.507 e. The van der Waals surface area contributed by atoms with Gasteiger partial charge in [-0.25, -0.2) is 4.79 Å². The van der Waals surface area contributed by atoms with Gasteiger partial charge in [-0.3, -0.25) is 5.10 Å². The molecule has 2 heterocycles. The Balaban J connectivity index is 2.10. The molecule has 0 aliphatic heterocycles. The molecule has 0 spiro atoms. The van der Waals surface area contributed by atoms with Gasteiger partial charge >= 0.3 is 5.97 Å². The first-order chi connectivity index (χ1) is 13.0. The third kappa shape index (κ3) is 3.40. The first-order valence-electron chi connectivity index (χ1n) is 8.72. The maximum absolute atomic E-state index is 11.9. The Morgan fingerprint density at radius 1 is 1.30 bits per heavy atom. The van der Waals surface area contributed by atoms with Gasteiger partial charge in [0.25, 0.3) is 0 Å². The highest BCUT2D eigenvalue weighted by atomic mass is 16.5. The van der Waals surface area contributed by atoms with Gasteiger partial charge in [0.15, 0.2) is 0 Å². The van der Waals surface area contributed by atoms with Crippen LogP contribution < -0.4 is 4.74 Å². The number of furan rings is 1. The van der Waals surface area contributed by atoms with Crippen LogP contribution in [0.3, 0.4) is 0 Å². The van der Waals surface area contributed by atoms with E-state index in [0.29, 0.717) is 28.3 Å². The highest BCUT2D eigenvalue weighted by molar-refractivity contribution is 5.89. The van der Waals surface area contributed by atoms with Crippen LogP contribution in [0.2, 0.25) is 0 Å². The van der Waals surface area contributed by atoms with Gasteiger partial charge in [0.05, 0.1) is 19.3 Å². The lowest BCUT2D eigenvalue weighted by Crippen LogP contribution is -2.02. The molecule has 7 nitrogen and oxygen atoms in total. The summed E-state index contributed by atoms with van der Waals surface area (Å²) in [5.41, 5.74) is 3.47. The van der Waals surface area contributed by atoms with E-state index < -0.39 is 5.97 Å². The van der Waals surface area contributed by atoms with Crippen LogP contribution in [0.1, 0.15) is 35.7 Å². The number of ether oxygens (including phenoxy) is 2. The van der Waals surface area contributed by atoms with Crippen molar-refractivity contribution in [3.05, 3.63) is 41.3 Å². The second-order valence-electron chi connectivity index (χ2n) is 5.99. The monoisotopic (exact) mass is 370 g/mol. The van der Waals surface area contributed by atoms with Crippen molar-refractivity contribution in [1.82, 2.24) is 10.2 Å². The number of methoxy groups -OCH3 is 1. The number of hydrogen-bond donors (Lipinski definition) is 2. The topological polar surface area (TPSA) is 97.6 Å². The molecule has 0 radical (unpaired) electrons. The average molecular weight is 370 g/mol. The molecule has 0 bridgehead atoms. The summed E-state index contributed by atoms with van der Waals surface area (Å²) in [6.45, 7) is 5.86. The molecular formula is C20H22N2O5. The first kappa shape index (κ1) is 18.6. The number of rotatable bonds is 6. The summed E-state index contributed by atoms with van der Waals surface area (Å²) in [5, 5.41) is 17.8. The molecular weight excluding hydrogens is 348 g/mol. The van der Waals surface area contributed by atoms with Gasteiger partial charge < -0.3 is 19.0 Å². The molecule has 0 atom stereocenters. The Bertz CT molecular complexity index is 971. The molecule has 142 valence electrons. The highest BCUT2D eigenvalue weighted by Gasteiger charge is 2.22. The van der Waals surface area contributed by atoms with Crippen LogP contribution >= 0.6 is 0 Å². The molecule has 0 unspecified atom stereocenters. The molecule has 0 aliphatic rings. The third-order valence-electron chi connectivity index (χ3n) is 4.31. The number of aromatic amines is 1. The van der Waals surface area contributed by atoms with Crippen molar-refractivity contribution in [2.45, 2.75) is 27.2 Å². The normalized spacial score (nSPS) is 10.8. The third-order valence-corrected chi connectivity index (χ3v) is 4.31. The molecule has 0 fully saturated rings. The van der Waals surface area contributed by atoms with Crippen molar-refractivity contribution in [2.24, 2.45) is 0 Å². The quantitative estimate of drug-likeness (QED) is 0.634. The largest absolute Gasteiger partial charge is 0.507 e. The maximum atomic E-state index is 11.9. The number of hydrogen-bond acceptors (Lipinski definition) is 6. The van der Waals surface area contributed by atoms with Gasteiger partial charge in [-0.05, 0) is 44.0 Å². The van der Waals surface area contributed by atoms with Gasteiger partial charge in [-0.2, -0.15) is 5.10 Å². The molecule has 7 heteroatoms. The maximum Gasteiger partial charge on any atom is 0.374 e. The zero-order valence-corrected chi connectivity index (χ0v) is 15.8. The molecule has 3 rings (SSSR count). The summed E-state index contributed by atoms with van der Waals surface area (Å²) in [7, 11) is 1.57. The van der Waals surface area contributed by atoms with E-state index in [1.807, 2.05) is 19.9 Å². The Morgan fingerprint density at radius 2 is 2.07 bits per heavy atom. The molecule has 0 saturated carbocycles. The molecule has 27 heavy (non-hydrogen) atoms. The van der Waals surface area contributed by atoms with E-state index >= 15 is 0 Å². The molecule has 0 saturated heterocycles. The number of phenols is 1. The average Bonchev–Trinajstić information content (AvgIpc) is 3.28. The van der Waals surface area contributed by atoms with Gasteiger partial charge in [0.2, 0.25) is 5.76 Å². The molecule has 2 N–H and O–H groups in total. The number of nitrogens with zero attached hydrogens (tertiary/aromatic N) is 1. The number of phenolic OH excluding ortho intramolecular Hbond substituents is 1. The van der Waals surface area contributed by atoms with E-state index in [0.717, 1.165) is 17.7 Å². The summed E-state index contributed by atoms with van der Waals surface area (Å²) >= 11 is 0. The summed E-state index contributed by atoms with van der Waals surface area (Å²) in [5.74, 6) is 0.732. The Labute approximate surface area is 156 Å². The zero-order chi connectivity index (χ0) is 19.6. The number of H-pyrrole nitrogens is 1. The number of aromatic nitrogens is 2. The molecule has 0 amide bonds. The van der Waals surface area contributed by atoms with Crippen molar-refractivity contribution >= 4 is 5.97 Å². The van der Waals surface area contributed by atoms with E-state index in [9.17, 15) is 9.90 Å². The van der Waals surface area contributed by atoms with E-state index in [1.165, 1.54) is 0 Å². The van der Waals surface area contributed by atoms with Gasteiger partial charge in [-0.1, -0.05) is 6.92 Å². The Morgan fingerprint density at radius 3 is 2.74 bits per heavy atom. The number of nitrogens with one attached hydrogen (secondary N) is 1. The zero-order valence-electron chi connectivity index (χ0n) is 15.8. The lowest BCUT2D eigenvalue weighted by Gasteiger charge is -2.11. The number of aryl methyl sites for hydroxylation is 2. The smallest absolute Gasteiger partial charge is 0.374 e. The van der Waals surface area contributed by atoms with Crippen LogP contribution in [0, 0.1) is 6.92 Å². The van der Waals surface area contributed by atoms with Crippen LogP contribution in [-0.2, 0) is 11.2 Å². The van der Waals surface area contributed by atoms with Crippen molar-refractivity contribution < 1.29 is 23.8 Å². The number of benzene rings is 1. The number of carbonyl (C=O) groups excluding carboxylic acids is 1. The standard InChI is InChI=1S/C20H22N2O5/c1-5-12-9-13(14(23)10-17(12)25-4)19-18(11(3)21-22-19)15-7-8-16(27-15)20(24)26-6-2/h7-10,23H,5-6H2,1-4H3,(H,21,22). The number of esters is 1. The fraction of sp³-hybridized carbons (Fsp3) is 0.300. The summed E-state index contributed by atoms with van der Waals surface area (Å²) in [6, 6.07) is 6.68. The van der Waals surface area contributed by atoms with Gasteiger partial charge in [0, 0.05) is 17.3 Å². The second kappa shape index (κ2) is 7.57. The lowest BCUT2D eigenvalue weighted by molar-refractivity contribution is 0.0491. The van der Waals surface area contributed by atoms with E-state index in [4.69, 9.17) is 13.9 Å². The predicted molar refractivity (Wildman–Crippen MR) is 100 cm³/mol. The molecule has 3 aromatic rings. The fourth-order valence-corrected chi connectivity index (χ4v) is 2.98. The predicted octanol–water partition coefficient (Wildman–Crippen LogP) is 4.10. The van der Waals surface area contributed by atoms with Crippen molar-refractivity contribution in [1.29, 1.82) is 0 Å². The summed E-state index contributed by atoms with van der Waals surface area (Å²) in [6.07, 6.45) is 0.739. The van der Waals surface area contributed by atoms with Crippen molar-refractivity contribution in [2.75, 3.05) is 13.7 Å². The van der Waals surface area contributed by atoms with Gasteiger partial charge in [0.1, 0.15) is 23.0 Å². The van der Waals surface area contributed by atoms with Crippen LogP contribution in [-0.4, -0.2) is 35.0 Å². The van der Waals surface area contributed by atoms with Crippen LogP contribution in [0.15, 0.2) is 28.7 Å². The summed E-state index contributed by atoms with van der Waals surface area (Å²) < 4.78 is 16.0. The van der Waals surface area contributed by atoms with Crippen LogP contribution in [0.5, 0.6) is 11.5 Å². The number of carbonyl (C=O) groups is 1. The minimum atomic E-state index is -0.521. The summed E-state index contributed by atoms with van der Waals surface area (Å²) in [4.78, 5) is 11.9. The SMILES string of the molecule is CCOC(=O)c1ccc(-c2c(-c3cc(CC)c(OC)cc3O)n[nH]c2C)o1. The van der Waals surface area contributed by atoms with E-state index in [-0.39, 0.29) is 18.1 Å². The molecule has 2 aromatic heterocycles. The number of aromatic hydroxyl groups is 1. The Hall–Kier alpha value is -3.22. The van der Waals surface area contributed by atoms with E-state index in [2.05, 4.69) is 10.2 Å². The van der Waals surface area contributed by atoms with Crippen LogP contribution in [0.25, 0.3) is 22.6 Å². The minimum absolute atomic E-state index is 0.0500. The molecule has 1 aromatic carbocycles. The van der Waals surface area contributed by atoms with Crippen molar-refractivity contribution in [3.63, 3.8) is 0 Å². The lowest BCUT2D eigenvalue weighted by atomic mass is 9.99. The second-order valence-corrected chi connectivity index (χ2v) is 5.99. The van der Waals surface area contributed by atoms with Crippen molar-refractivity contribution in [3.8, 4) is 34.1 Å². The Kier molecular flexibility index (Phi) is 5.21. The van der Waals surface area contributed by atoms with Crippen LogP contribution in [0.4, 0.5) is 0 Å². The van der Waals surface area contributed by atoms with E-state index in [1.54, 1.807) is 32.2 Å².